The van der Waals surface area contributed by atoms with Crippen LogP contribution in [0.4, 0.5) is 0 Å². The van der Waals surface area contributed by atoms with Crippen LogP contribution in [0.1, 0.15) is 42.5 Å². The van der Waals surface area contributed by atoms with Gasteiger partial charge >= 0.3 is 0 Å². The summed E-state index contributed by atoms with van der Waals surface area (Å²) in [5.41, 5.74) is 2.28. The zero-order valence-corrected chi connectivity index (χ0v) is 23.4. The van der Waals surface area contributed by atoms with E-state index in [0.29, 0.717) is 23.4 Å². The Balaban J connectivity index is 1.87. The molecule has 0 fully saturated rings. The van der Waals surface area contributed by atoms with Gasteiger partial charge in [0.05, 0.1) is 4.90 Å². The third-order valence-electron chi connectivity index (χ3n) is 6.09. The van der Waals surface area contributed by atoms with Crippen molar-refractivity contribution in [2.45, 2.75) is 43.7 Å². The molecule has 2 amide bonds. The Morgan fingerprint density at radius 1 is 0.949 bits per heavy atom. The maximum absolute atomic E-state index is 13.7. The fourth-order valence-corrected chi connectivity index (χ4v) is 5.28. The summed E-state index contributed by atoms with van der Waals surface area (Å²) in [6.07, 6.45) is 0.878. The number of aliphatic hydroxyl groups is 1. The normalized spacial score (nSPS) is 12.1. The highest BCUT2D eigenvalue weighted by atomic mass is 35.5. The lowest BCUT2D eigenvalue weighted by Crippen LogP contribution is -2.43. The summed E-state index contributed by atoms with van der Waals surface area (Å²) in [6.45, 7) is 2.41. The fraction of sp³-hybridized carbons (Fsp3) is 0.310. The third kappa shape index (κ3) is 8.90. The molecular weight excluding hydrogens is 538 g/mol. The molecule has 0 saturated carbocycles. The first-order valence-corrected chi connectivity index (χ1v) is 14.7. The molecule has 0 unspecified atom stereocenters. The second kappa shape index (κ2) is 14.8. The summed E-state index contributed by atoms with van der Waals surface area (Å²) < 4.78 is 26.9. The number of carbonyl (C=O) groups excluding carboxylic acids is 2. The van der Waals surface area contributed by atoms with Gasteiger partial charge < -0.3 is 15.3 Å². The van der Waals surface area contributed by atoms with Crippen molar-refractivity contribution in [3.8, 4) is 0 Å². The third-order valence-corrected chi connectivity index (χ3v) is 7.90. The summed E-state index contributed by atoms with van der Waals surface area (Å²) in [5, 5.41) is 12.6. The molecule has 208 valence electrons. The van der Waals surface area contributed by atoms with E-state index in [1.165, 1.54) is 12.1 Å². The molecule has 39 heavy (non-hydrogen) atoms. The molecule has 3 rings (SSSR count). The minimum atomic E-state index is -3.57. The maximum atomic E-state index is 13.7. The number of hydrogen-bond acceptors (Lipinski definition) is 5. The Kier molecular flexibility index (Phi) is 11.5. The van der Waals surface area contributed by atoms with E-state index in [4.69, 9.17) is 16.7 Å². The van der Waals surface area contributed by atoms with Crippen LogP contribution >= 0.6 is 11.6 Å². The molecule has 0 saturated heterocycles. The standard InChI is InChI=1S/C29H34ClN3O5S/c1-2-32-39(37,38)26-16-11-22(12-17-26)13-18-27(35)33(21-23-9-14-25(30)15-10-23)28(24-7-4-3-5-8-24)29(36)31-19-6-20-34/h3-5,7-12,14-17,28,32,34H,2,6,13,18-21H2,1H3,(H,31,36)/t28-/m0/s1. The van der Waals surface area contributed by atoms with E-state index in [0.717, 1.165) is 11.1 Å². The van der Waals surface area contributed by atoms with Gasteiger partial charge in [-0.3, -0.25) is 9.59 Å². The maximum Gasteiger partial charge on any atom is 0.247 e. The van der Waals surface area contributed by atoms with Crippen molar-refractivity contribution in [3.63, 3.8) is 0 Å². The lowest BCUT2D eigenvalue weighted by Gasteiger charge is -2.32. The summed E-state index contributed by atoms with van der Waals surface area (Å²) in [7, 11) is -3.57. The Morgan fingerprint density at radius 3 is 2.21 bits per heavy atom. The van der Waals surface area contributed by atoms with E-state index in [1.54, 1.807) is 36.1 Å². The van der Waals surface area contributed by atoms with Crippen molar-refractivity contribution in [1.82, 2.24) is 14.9 Å². The quantitative estimate of drug-likeness (QED) is 0.254. The molecule has 0 radical (unpaired) electrons. The van der Waals surface area contributed by atoms with Crippen molar-refractivity contribution < 1.29 is 23.1 Å². The van der Waals surface area contributed by atoms with Crippen LogP contribution < -0.4 is 10.0 Å². The van der Waals surface area contributed by atoms with Crippen LogP contribution in [0, 0.1) is 0 Å². The summed E-state index contributed by atoms with van der Waals surface area (Å²) in [4.78, 5) is 28.8. The zero-order chi connectivity index (χ0) is 28.3. The van der Waals surface area contributed by atoms with Gasteiger partial charge in [0, 0.05) is 37.7 Å². The minimum absolute atomic E-state index is 0.0572. The van der Waals surface area contributed by atoms with Crippen LogP contribution in [-0.2, 0) is 32.6 Å². The molecule has 0 spiro atoms. The molecule has 0 heterocycles. The number of nitrogens with one attached hydrogen (secondary N) is 2. The van der Waals surface area contributed by atoms with E-state index in [-0.39, 0.29) is 49.4 Å². The Bertz CT molecular complexity index is 1320. The van der Waals surface area contributed by atoms with Gasteiger partial charge in [-0.25, -0.2) is 13.1 Å². The van der Waals surface area contributed by atoms with Crippen molar-refractivity contribution >= 4 is 33.4 Å². The van der Waals surface area contributed by atoms with Gasteiger partial charge in [0.25, 0.3) is 0 Å². The molecule has 0 aliphatic heterocycles. The number of carbonyl (C=O) groups is 2. The summed E-state index contributed by atoms with van der Waals surface area (Å²) >= 11 is 6.06. The molecule has 0 bridgehead atoms. The number of aryl methyl sites for hydroxylation is 1. The van der Waals surface area contributed by atoms with E-state index in [2.05, 4.69) is 10.0 Å². The van der Waals surface area contributed by atoms with Crippen LogP contribution in [0.5, 0.6) is 0 Å². The monoisotopic (exact) mass is 571 g/mol. The topological polar surface area (TPSA) is 116 Å². The average Bonchev–Trinajstić information content (AvgIpc) is 2.93. The molecular formula is C29H34ClN3O5S. The molecule has 8 nitrogen and oxygen atoms in total. The predicted molar refractivity (Wildman–Crippen MR) is 152 cm³/mol. The highest BCUT2D eigenvalue weighted by Crippen LogP contribution is 2.26. The number of rotatable bonds is 14. The smallest absolute Gasteiger partial charge is 0.247 e. The van der Waals surface area contributed by atoms with E-state index < -0.39 is 16.1 Å². The molecule has 1 atom stereocenters. The number of nitrogens with zero attached hydrogens (tertiary/aromatic N) is 1. The van der Waals surface area contributed by atoms with Crippen LogP contribution in [0.15, 0.2) is 83.8 Å². The highest BCUT2D eigenvalue weighted by molar-refractivity contribution is 7.89. The number of aliphatic hydroxyl groups excluding tert-OH is 1. The predicted octanol–water partition coefficient (Wildman–Crippen LogP) is 3.84. The lowest BCUT2D eigenvalue weighted by molar-refractivity contribution is -0.141. The van der Waals surface area contributed by atoms with Crippen LogP contribution in [0.25, 0.3) is 0 Å². The second-order valence-corrected chi connectivity index (χ2v) is 11.2. The molecule has 10 heteroatoms. The number of sulfonamides is 1. The fourth-order valence-electron chi connectivity index (χ4n) is 4.11. The van der Waals surface area contributed by atoms with E-state index in [9.17, 15) is 18.0 Å². The molecule has 3 aromatic carbocycles. The van der Waals surface area contributed by atoms with Crippen LogP contribution in [-0.4, -0.2) is 49.9 Å². The first kappa shape index (κ1) is 30.3. The Morgan fingerprint density at radius 2 is 1.59 bits per heavy atom. The molecule has 0 aromatic heterocycles. The van der Waals surface area contributed by atoms with Gasteiger partial charge in [0.2, 0.25) is 21.8 Å². The van der Waals surface area contributed by atoms with Gasteiger partial charge in [-0.15, -0.1) is 0 Å². The van der Waals surface area contributed by atoms with Crippen molar-refractivity contribution in [2.75, 3.05) is 19.7 Å². The number of benzene rings is 3. The molecule has 3 N–H and O–H groups in total. The first-order valence-electron chi connectivity index (χ1n) is 12.8. The van der Waals surface area contributed by atoms with Crippen molar-refractivity contribution in [3.05, 3.63) is 101 Å². The van der Waals surface area contributed by atoms with Crippen molar-refractivity contribution in [1.29, 1.82) is 0 Å². The largest absolute Gasteiger partial charge is 0.396 e. The Hall–Kier alpha value is -3.24. The zero-order valence-electron chi connectivity index (χ0n) is 21.8. The minimum Gasteiger partial charge on any atom is -0.396 e. The average molecular weight is 572 g/mol. The van der Waals surface area contributed by atoms with Crippen molar-refractivity contribution in [2.24, 2.45) is 0 Å². The molecule has 3 aromatic rings. The SMILES string of the molecule is CCNS(=O)(=O)c1ccc(CCC(=O)N(Cc2ccc(Cl)cc2)[C@H](C(=O)NCCCO)c2ccccc2)cc1. The van der Waals surface area contributed by atoms with Gasteiger partial charge in [-0.1, -0.05) is 73.1 Å². The van der Waals surface area contributed by atoms with Crippen LogP contribution in [0.2, 0.25) is 5.02 Å². The summed E-state index contributed by atoms with van der Waals surface area (Å²) in [5.74, 6) is -0.574. The number of hydrogen-bond donors (Lipinski definition) is 3. The first-order chi connectivity index (χ1) is 18.7. The van der Waals surface area contributed by atoms with Crippen LogP contribution in [0.3, 0.4) is 0 Å². The lowest BCUT2D eigenvalue weighted by atomic mass is 10.0. The number of halogens is 1. The Labute approximate surface area is 235 Å². The van der Waals surface area contributed by atoms with E-state index in [1.807, 2.05) is 42.5 Å². The summed E-state index contributed by atoms with van der Waals surface area (Å²) in [6, 6.07) is 21.7. The van der Waals surface area contributed by atoms with Gasteiger partial charge in [-0.2, -0.15) is 0 Å². The number of amides is 2. The molecule has 0 aliphatic rings. The second-order valence-electron chi connectivity index (χ2n) is 8.97. The van der Waals surface area contributed by atoms with Gasteiger partial charge in [0.15, 0.2) is 0 Å². The van der Waals surface area contributed by atoms with E-state index >= 15 is 0 Å². The molecule has 0 aliphatic carbocycles. The highest BCUT2D eigenvalue weighted by Gasteiger charge is 2.31. The van der Waals surface area contributed by atoms with Gasteiger partial charge in [-0.05, 0) is 53.8 Å². The van der Waals surface area contributed by atoms with Gasteiger partial charge in [0.1, 0.15) is 6.04 Å².